The van der Waals surface area contributed by atoms with Gasteiger partial charge in [0.1, 0.15) is 5.82 Å². The standard InChI is InChI=1S/C12H13BrFNO2/c13-9-6-3-7-10(14)11(9)12(16)15-17-8-4-1-2-5-8/h3,6-8H,1-2,4-5H2,(H,15,16). The van der Waals surface area contributed by atoms with Crippen LogP contribution in [0.4, 0.5) is 4.39 Å². The third kappa shape index (κ3) is 3.04. The minimum absolute atomic E-state index is 0.0227. The molecule has 0 spiro atoms. The molecule has 0 unspecified atom stereocenters. The number of carbonyl (C=O) groups excluding carboxylic acids is 1. The van der Waals surface area contributed by atoms with E-state index in [0.717, 1.165) is 25.7 Å². The molecule has 0 radical (unpaired) electrons. The van der Waals surface area contributed by atoms with Crippen LogP contribution in [0.5, 0.6) is 0 Å². The van der Waals surface area contributed by atoms with Gasteiger partial charge in [-0.3, -0.25) is 9.63 Å². The lowest BCUT2D eigenvalue weighted by atomic mass is 10.2. The molecule has 17 heavy (non-hydrogen) atoms. The summed E-state index contributed by atoms with van der Waals surface area (Å²) in [5.41, 5.74) is 2.29. The molecule has 5 heteroatoms. The number of benzene rings is 1. The smallest absolute Gasteiger partial charge is 0.270 e. The molecule has 0 saturated heterocycles. The van der Waals surface area contributed by atoms with E-state index >= 15 is 0 Å². The van der Waals surface area contributed by atoms with Crippen molar-refractivity contribution in [3.63, 3.8) is 0 Å². The Balaban J connectivity index is 1.99. The Bertz CT molecular complexity index is 399. The highest BCUT2D eigenvalue weighted by molar-refractivity contribution is 9.10. The third-order valence-corrected chi connectivity index (χ3v) is 3.47. The van der Waals surface area contributed by atoms with E-state index in [-0.39, 0.29) is 11.7 Å². The van der Waals surface area contributed by atoms with Crippen LogP contribution in [0.15, 0.2) is 22.7 Å². The molecule has 1 saturated carbocycles. The van der Waals surface area contributed by atoms with Crippen LogP contribution in [0.3, 0.4) is 0 Å². The van der Waals surface area contributed by atoms with E-state index < -0.39 is 11.7 Å². The zero-order chi connectivity index (χ0) is 12.3. The first-order valence-corrected chi connectivity index (χ1v) is 6.38. The fourth-order valence-electron chi connectivity index (χ4n) is 1.91. The molecule has 0 heterocycles. The van der Waals surface area contributed by atoms with Gasteiger partial charge in [-0.05, 0) is 40.9 Å². The first kappa shape index (κ1) is 12.5. The maximum absolute atomic E-state index is 13.5. The second-order valence-electron chi connectivity index (χ2n) is 4.05. The number of hydroxylamine groups is 1. The molecule has 1 aliphatic carbocycles. The predicted octanol–water partition coefficient (Wildman–Crippen LogP) is 3.19. The van der Waals surface area contributed by atoms with E-state index in [1.807, 2.05) is 0 Å². The van der Waals surface area contributed by atoms with Gasteiger partial charge in [0.05, 0.1) is 11.7 Å². The van der Waals surface area contributed by atoms with Crippen LogP contribution in [0.1, 0.15) is 36.0 Å². The molecule has 1 aromatic rings. The van der Waals surface area contributed by atoms with Crippen molar-refractivity contribution in [1.82, 2.24) is 5.48 Å². The molecule has 3 nitrogen and oxygen atoms in total. The summed E-state index contributed by atoms with van der Waals surface area (Å²) in [6, 6.07) is 4.40. The van der Waals surface area contributed by atoms with E-state index in [1.54, 1.807) is 6.07 Å². The van der Waals surface area contributed by atoms with E-state index in [4.69, 9.17) is 4.84 Å². The minimum Gasteiger partial charge on any atom is -0.270 e. The third-order valence-electron chi connectivity index (χ3n) is 2.81. The quantitative estimate of drug-likeness (QED) is 0.871. The van der Waals surface area contributed by atoms with Gasteiger partial charge in [-0.25, -0.2) is 9.87 Å². The second kappa shape index (κ2) is 5.60. The van der Waals surface area contributed by atoms with Gasteiger partial charge in [-0.1, -0.05) is 18.9 Å². The number of rotatable bonds is 3. The van der Waals surface area contributed by atoms with Gasteiger partial charge in [0.15, 0.2) is 0 Å². The Morgan fingerprint density at radius 1 is 1.41 bits per heavy atom. The molecule has 0 aromatic heterocycles. The Morgan fingerprint density at radius 2 is 2.12 bits per heavy atom. The number of amides is 1. The molecule has 0 bridgehead atoms. The van der Waals surface area contributed by atoms with E-state index in [9.17, 15) is 9.18 Å². The fourth-order valence-corrected chi connectivity index (χ4v) is 2.43. The summed E-state index contributed by atoms with van der Waals surface area (Å²) in [4.78, 5) is 17.0. The van der Waals surface area contributed by atoms with Gasteiger partial charge in [0.2, 0.25) is 0 Å². The highest BCUT2D eigenvalue weighted by Crippen LogP contribution is 2.22. The average Bonchev–Trinajstić information content (AvgIpc) is 2.79. The van der Waals surface area contributed by atoms with Crippen LogP contribution in [0, 0.1) is 5.82 Å². The van der Waals surface area contributed by atoms with Gasteiger partial charge >= 0.3 is 0 Å². The Hall–Kier alpha value is -0.940. The second-order valence-corrected chi connectivity index (χ2v) is 4.91. The zero-order valence-electron chi connectivity index (χ0n) is 9.21. The molecule has 1 fully saturated rings. The molecule has 0 aliphatic heterocycles. The van der Waals surface area contributed by atoms with Gasteiger partial charge < -0.3 is 0 Å². The molecule has 2 rings (SSSR count). The van der Waals surface area contributed by atoms with E-state index in [0.29, 0.717) is 4.47 Å². The summed E-state index contributed by atoms with van der Waals surface area (Å²) in [6.45, 7) is 0. The number of hydrogen-bond donors (Lipinski definition) is 1. The lowest BCUT2D eigenvalue weighted by Gasteiger charge is -2.12. The monoisotopic (exact) mass is 301 g/mol. The van der Waals surface area contributed by atoms with Crippen LogP contribution < -0.4 is 5.48 Å². The van der Waals surface area contributed by atoms with Gasteiger partial charge in [-0.2, -0.15) is 0 Å². The maximum atomic E-state index is 13.5. The molecule has 1 aliphatic rings. The number of carbonyl (C=O) groups is 1. The lowest BCUT2D eigenvalue weighted by Crippen LogP contribution is -2.29. The average molecular weight is 302 g/mol. The van der Waals surface area contributed by atoms with Crippen molar-refractivity contribution in [3.8, 4) is 0 Å². The summed E-state index contributed by atoms with van der Waals surface area (Å²) < 4.78 is 13.9. The van der Waals surface area contributed by atoms with Crippen LogP contribution >= 0.6 is 15.9 Å². The highest BCUT2D eigenvalue weighted by Gasteiger charge is 2.19. The van der Waals surface area contributed by atoms with Gasteiger partial charge in [0, 0.05) is 4.47 Å². The van der Waals surface area contributed by atoms with Crippen LogP contribution in [-0.2, 0) is 4.84 Å². The molecule has 92 valence electrons. The zero-order valence-corrected chi connectivity index (χ0v) is 10.8. The molecular formula is C12H13BrFNO2. The van der Waals surface area contributed by atoms with Crippen molar-refractivity contribution in [1.29, 1.82) is 0 Å². The maximum Gasteiger partial charge on any atom is 0.278 e. The van der Waals surface area contributed by atoms with Crippen molar-refractivity contribution in [2.45, 2.75) is 31.8 Å². The topological polar surface area (TPSA) is 38.3 Å². The van der Waals surface area contributed by atoms with Crippen molar-refractivity contribution >= 4 is 21.8 Å². The first-order valence-electron chi connectivity index (χ1n) is 5.58. The number of halogens is 2. The fraction of sp³-hybridized carbons (Fsp3) is 0.417. The Labute approximate surface area is 107 Å². The molecular weight excluding hydrogens is 289 g/mol. The van der Waals surface area contributed by atoms with Gasteiger partial charge in [-0.15, -0.1) is 0 Å². The van der Waals surface area contributed by atoms with Crippen molar-refractivity contribution in [2.75, 3.05) is 0 Å². The predicted molar refractivity (Wildman–Crippen MR) is 64.9 cm³/mol. The van der Waals surface area contributed by atoms with Crippen LogP contribution in [0.25, 0.3) is 0 Å². The summed E-state index contributed by atoms with van der Waals surface area (Å²) in [6.07, 6.45) is 4.18. The summed E-state index contributed by atoms with van der Waals surface area (Å²) in [5.74, 6) is -1.12. The normalized spacial score (nSPS) is 16.1. The molecule has 1 amide bonds. The summed E-state index contributed by atoms with van der Waals surface area (Å²) in [5, 5.41) is 0. The molecule has 0 atom stereocenters. The molecule has 1 aromatic carbocycles. The lowest BCUT2D eigenvalue weighted by molar-refractivity contribution is -0.0127. The van der Waals surface area contributed by atoms with Crippen LogP contribution in [-0.4, -0.2) is 12.0 Å². The van der Waals surface area contributed by atoms with E-state index in [2.05, 4.69) is 21.4 Å². The van der Waals surface area contributed by atoms with Gasteiger partial charge in [0.25, 0.3) is 5.91 Å². The van der Waals surface area contributed by atoms with E-state index in [1.165, 1.54) is 12.1 Å². The highest BCUT2D eigenvalue weighted by atomic mass is 79.9. The van der Waals surface area contributed by atoms with Crippen LogP contribution in [0.2, 0.25) is 0 Å². The SMILES string of the molecule is O=C(NOC1CCCC1)c1c(F)cccc1Br. The first-order chi connectivity index (χ1) is 8.18. The summed E-state index contributed by atoms with van der Waals surface area (Å²) in [7, 11) is 0. The Morgan fingerprint density at radius 3 is 2.76 bits per heavy atom. The molecule has 1 N–H and O–H groups in total. The Kier molecular flexibility index (Phi) is 4.12. The van der Waals surface area contributed by atoms with Crippen molar-refractivity contribution in [2.24, 2.45) is 0 Å². The van der Waals surface area contributed by atoms with Crippen molar-refractivity contribution < 1.29 is 14.0 Å². The number of nitrogens with one attached hydrogen (secondary N) is 1. The summed E-state index contributed by atoms with van der Waals surface area (Å²) >= 11 is 3.14. The number of hydrogen-bond acceptors (Lipinski definition) is 2. The largest absolute Gasteiger partial charge is 0.278 e. The van der Waals surface area contributed by atoms with Crippen molar-refractivity contribution in [3.05, 3.63) is 34.1 Å². The minimum atomic E-state index is -0.563.